The third-order valence-corrected chi connectivity index (χ3v) is 8.06. The quantitative estimate of drug-likeness (QED) is 0.255. The summed E-state index contributed by atoms with van der Waals surface area (Å²) >= 11 is 7.57. The summed E-state index contributed by atoms with van der Waals surface area (Å²) < 4.78 is 8.22. The summed E-state index contributed by atoms with van der Waals surface area (Å²) in [6, 6.07) is 23.7. The number of hydrogen-bond donors (Lipinski definition) is 2. The number of nitrogens with zero attached hydrogens (tertiary/aromatic N) is 4. The summed E-state index contributed by atoms with van der Waals surface area (Å²) in [5.74, 6) is -0.200. The number of ether oxygens (including phenoxy) is 1. The number of nitrogens with one attached hydrogen (secondary N) is 2. The molecule has 2 aromatic carbocycles. The van der Waals surface area contributed by atoms with E-state index in [2.05, 4.69) is 37.2 Å². The number of para-hydroxylation sites is 1. The molecule has 5 aromatic rings. The lowest BCUT2D eigenvalue weighted by Crippen LogP contribution is -2.30. The molecule has 0 spiro atoms. The van der Waals surface area contributed by atoms with E-state index in [1.54, 1.807) is 17.5 Å². The lowest BCUT2D eigenvalue weighted by Gasteiger charge is -2.29. The summed E-state index contributed by atoms with van der Waals surface area (Å²) in [7, 11) is 1.50. The molecule has 10 heteroatoms. The molecule has 196 valence electrons. The number of carbonyl (C=O) groups is 1. The predicted octanol–water partition coefficient (Wildman–Crippen LogP) is 5.55. The van der Waals surface area contributed by atoms with E-state index in [0.717, 1.165) is 43.7 Å². The van der Waals surface area contributed by atoms with Crippen LogP contribution in [0.2, 0.25) is 0 Å². The Labute approximate surface area is 235 Å². The SMILES string of the molecule is COCC(=O)Nc1ccc(N2C(=S)N[C@@H](c3ccccn3)[C@H]2c2cccn2-c2nc3ccccc3s2)cc1C. The van der Waals surface area contributed by atoms with Gasteiger partial charge in [0.25, 0.3) is 0 Å². The number of pyridine rings is 1. The Morgan fingerprint density at radius 2 is 1.97 bits per heavy atom. The number of thiocarbonyl (C=S) groups is 1. The zero-order valence-corrected chi connectivity index (χ0v) is 23.0. The number of methoxy groups -OCH3 is 1. The van der Waals surface area contributed by atoms with Gasteiger partial charge in [-0.1, -0.05) is 29.5 Å². The Kier molecular flexibility index (Phi) is 6.82. The zero-order valence-electron chi connectivity index (χ0n) is 21.4. The minimum atomic E-state index is -0.206. The van der Waals surface area contributed by atoms with Crippen molar-refractivity contribution in [3.8, 4) is 5.13 Å². The number of rotatable bonds is 7. The van der Waals surface area contributed by atoms with Crippen molar-refractivity contribution in [2.45, 2.75) is 19.0 Å². The van der Waals surface area contributed by atoms with Gasteiger partial charge in [0.15, 0.2) is 10.2 Å². The number of fused-ring (bicyclic) bond motifs is 1. The Hall–Kier alpha value is -4.12. The molecule has 3 aromatic heterocycles. The first kappa shape index (κ1) is 25.2. The molecule has 0 unspecified atom stereocenters. The number of aromatic nitrogens is 3. The van der Waals surface area contributed by atoms with Crippen LogP contribution in [0.3, 0.4) is 0 Å². The van der Waals surface area contributed by atoms with Crippen LogP contribution in [0.15, 0.2) is 85.2 Å². The number of benzene rings is 2. The molecule has 1 amide bonds. The standard InChI is InChI=1S/C29H26N6O2S2/c1-18-16-19(12-13-20(18)31-25(36)17-37-2)35-27(26(33-28(35)38)22-9-5-6-14-30-22)23-10-7-15-34(23)29-32-21-8-3-4-11-24(21)39-29/h3-16,26-27H,17H2,1-2H3,(H,31,36)(H,33,38)/t26-,27+/m0/s1. The molecule has 1 fully saturated rings. The van der Waals surface area contributed by atoms with E-state index in [1.165, 1.54) is 7.11 Å². The molecule has 0 bridgehead atoms. The van der Waals surface area contributed by atoms with Gasteiger partial charge in [0.2, 0.25) is 5.91 Å². The van der Waals surface area contributed by atoms with Crippen molar-refractivity contribution in [2.75, 3.05) is 23.9 Å². The van der Waals surface area contributed by atoms with Crippen LogP contribution >= 0.6 is 23.6 Å². The predicted molar refractivity (Wildman–Crippen MR) is 159 cm³/mol. The molecule has 0 saturated carbocycles. The minimum absolute atomic E-state index is 0.00208. The highest BCUT2D eigenvalue weighted by Crippen LogP contribution is 2.43. The maximum atomic E-state index is 12.1. The second-order valence-electron chi connectivity index (χ2n) is 9.24. The van der Waals surface area contributed by atoms with Crippen LogP contribution in [0.1, 0.15) is 29.0 Å². The van der Waals surface area contributed by atoms with Crippen LogP contribution in [0, 0.1) is 6.92 Å². The Bertz CT molecular complexity index is 1630. The van der Waals surface area contributed by atoms with Gasteiger partial charge in [0, 0.05) is 30.9 Å². The van der Waals surface area contributed by atoms with E-state index in [-0.39, 0.29) is 24.6 Å². The topological polar surface area (TPSA) is 84.3 Å². The van der Waals surface area contributed by atoms with Gasteiger partial charge >= 0.3 is 0 Å². The van der Waals surface area contributed by atoms with Gasteiger partial charge in [-0.25, -0.2) is 4.98 Å². The van der Waals surface area contributed by atoms with Crippen LogP contribution < -0.4 is 15.5 Å². The molecule has 0 radical (unpaired) electrons. The lowest BCUT2D eigenvalue weighted by molar-refractivity contribution is -0.119. The minimum Gasteiger partial charge on any atom is -0.375 e. The average molecular weight is 555 g/mol. The molecular formula is C29H26N6O2S2. The second-order valence-corrected chi connectivity index (χ2v) is 10.6. The molecule has 8 nitrogen and oxygen atoms in total. The van der Waals surface area contributed by atoms with Crippen molar-refractivity contribution in [2.24, 2.45) is 0 Å². The van der Waals surface area contributed by atoms with Crippen LogP contribution in [0.25, 0.3) is 15.3 Å². The molecular weight excluding hydrogens is 528 g/mol. The summed E-state index contributed by atoms with van der Waals surface area (Å²) in [5, 5.41) is 7.92. The van der Waals surface area contributed by atoms with Gasteiger partial charge in [0.05, 0.1) is 27.6 Å². The summed E-state index contributed by atoms with van der Waals surface area (Å²) in [5.41, 5.74) is 5.46. The van der Waals surface area contributed by atoms with E-state index >= 15 is 0 Å². The third kappa shape index (κ3) is 4.78. The highest BCUT2D eigenvalue weighted by molar-refractivity contribution is 7.80. The molecule has 2 N–H and O–H groups in total. The number of aryl methyl sites for hydroxylation is 1. The second kappa shape index (κ2) is 10.6. The highest BCUT2D eigenvalue weighted by atomic mass is 32.1. The third-order valence-electron chi connectivity index (χ3n) is 6.71. The summed E-state index contributed by atoms with van der Waals surface area (Å²) in [6.07, 6.45) is 3.84. The van der Waals surface area contributed by atoms with Gasteiger partial charge in [-0.15, -0.1) is 0 Å². The lowest BCUT2D eigenvalue weighted by atomic mass is 10.0. The maximum absolute atomic E-state index is 12.1. The first-order valence-electron chi connectivity index (χ1n) is 12.5. The fourth-order valence-electron chi connectivity index (χ4n) is 4.96. The van der Waals surface area contributed by atoms with Crippen LogP contribution in [0.4, 0.5) is 11.4 Å². The highest BCUT2D eigenvalue weighted by Gasteiger charge is 2.42. The molecule has 2 atom stereocenters. The summed E-state index contributed by atoms with van der Waals surface area (Å²) in [4.78, 5) is 23.8. The molecule has 4 heterocycles. The van der Waals surface area contributed by atoms with Crippen molar-refractivity contribution in [1.29, 1.82) is 0 Å². The monoisotopic (exact) mass is 554 g/mol. The normalized spacial score (nSPS) is 17.0. The number of amides is 1. The van der Waals surface area contributed by atoms with Crippen molar-refractivity contribution >= 4 is 56.2 Å². The number of thiazole rings is 1. The first-order valence-corrected chi connectivity index (χ1v) is 13.7. The maximum Gasteiger partial charge on any atom is 0.250 e. The summed E-state index contributed by atoms with van der Waals surface area (Å²) in [6.45, 7) is 1.96. The Balaban J connectivity index is 1.44. The average Bonchev–Trinajstić information content (AvgIpc) is 3.66. The number of carbonyl (C=O) groups excluding carboxylic acids is 1. The zero-order chi connectivity index (χ0) is 26.9. The van der Waals surface area contributed by atoms with E-state index in [4.69, 9.17) is 21.9 Å². The molecule has 1 aliphatic heterocycles. The van der Waals surface area contributed by atoms with E-state index in [0.29, 0.717) is 5.11 Å². The van der Waals surface area contributed by atoms with E-state index in [9.17, 15) is 4.79 Å². The molecule has 1 aliphatic rings. The molecule has 1 saturated heterocycles. The molecule has 0 aliphatic carbocycles. The van der Waals surface area contributed by atoms with Crippen molar-refractivity contribution < 1.29 is 9.53 Å². The van der Waals surface area contributed by atoms with Crippen molar-refractivity contribution in [1.82, 2.24) is 19.9 Å². The molecule has 6 rings (SSSR count). The van der Waals surface area contributed by atoms with E-state index in [1.807, 2.05) is 73.8 Å². The van der Waals surface area contributed by atoms with Gasteiger partial charge in [0.1, 0.15) is 12.6 Å². The van der Waals surface area contributed by atoms with E-state index < -0.39 is 0 Å². The fraction of sp³-hybridized carbons (Fsp3) is 0.172. The van der Waals surface area contributed by atoms with Gasteiger partial charge < -0.3 is 20.3 Å². The van der Waals surface area contributed by atoms with Gasteiger partial charge in [-0.2, -0.15) is 0 Å². The van der Waals surface area contributed by atoms with Crippen LogP contribution in [-0.4, -0.2) is 39.3 Å². The Morgan fingerprint density at radius 3 is 2.74 bits per heavy atom. The first-order chi connectivity index (χ1) is 19.0. The largest absolute Gasteiger partial charge is 0.375 e. The molecule has 39 heavy (non-hydrogen) atoms. The van der Waals surface area contributed by atoms with Crippen LogP contribution in [-0.2, 0) is 9.53 Å². The van der Waals surface area contributed by atoms with Gasteiger partial charge in [-0.3, -0.25) is 14.3 Å². The number of anilines is 2. The van der Waals surface area contributed by atoms with Crippen LogP contribution in [0.5, 0.6) is 0 Å². The van der Waals surface area contributed by atoms with Crippen molar-refractivity contribution in [3.63, 3.8) is 0 Å². The Morgan fingerprint density at radius 1 is 1.13 bits per heavy atom. The number of hydrogen-bond acceptors (Lipinski definition) is 6. The smallest absolute Gasteiger partial charge is 0.250 e. The van der Waals surface area contributed by atoms with Crippen molar-refractivity contribution in [3.05, 3.63) is 102 Å². The fourth-order valence-corrected chi connectivity index (χ4v) is 6.28. The van der Waals surface area contributed by atoms with Gasteiger partial charge in [-0.05, 0) is 79.3 Å².